The Bertz CT molecular complexity index is 1150. The van der Waals surface area contributed by atoms with Gasteiger partial charge in [0.2, 0.25) is 5.91 Å². The van der Waals surface area contributed by atoms with Crippen molar-refractivity contribution in [3.05, 3.63) is 52.6 Å². The van der Waals surface area contributed by atoms with E-state index in [-0.39, 0.29) is 30.2 Å². The second-order valence-electron chi connectivity index (χ2n) is 10.6. The molecule has 38 heavy (non-hydrogen) atoms. The van der Waals surface area contributed by atoms with Crippen LogP contribution in [-0.2, 0) is 11.3 Å². The Morgan fingerprint density at radius 3 is 2.18 bits per heavy atom. The lowest BCUT2D eigenvalue weighted by molar-refractivity contribution is -0.137. The number of aromatic nitrogens is 2. The number of nitrogens with two attached hydrogens (primary N) is 2. The summed E-state index contributed by atoms with van der Waals surface area (Å²) in [5, 5.41) is 6.27. The highest BCUT2D eigenvalue weighted by Gasteiger charge is 2.31. The van der Waals surface area contributed by atoms with Crippen LogP contribution in [0.2, 0.25) is 0 Å². The number of nitrogens with zero attached hydrogens (tertiary/aromatic N) is 4. The summed E-state index contributed by atoms with van der Waals surface area (Å²) in [4.78, 5) is 44.9. The van der Waals surface area contributed by atoms with Gasteiger partial charge in [0.15, 0.2) is 0 Å². The van der Waals surface area contributed by atoms with Crippen molar-refractivity contribution >= 4 is 30.2 Å². The van der Waals surface area contributed by atoms with Crippen LogP contribution in [-0.4, -0.2) is 75.1 Å². The van der Waals surface area contributed by atoms with Crippen molar-refractivity contribution in [2.45, 2.75) is 63.7 Å². The van der Waals surface area contributed by atoms with E-state index >= 15 is 0 Å². The maximum atomic E-state index is 12.7. The van der Waals surface area contributed by atoms with Gasteiger partial charge in [-0.2, -0.15) is 4.98 Å². The van der Waals surface area contributed by atoms with Crippen molar-refractivity contribution in [2.75, 3.05) is 31.5 Å². The van der Waals surface area contributed by atoms with Crippen LogP contribution < -0.4 is 27.8 Å². The lowest BCUT2D eigenvalue weighted by Gasteiger charge is -2.37. The van der Waals surface area contributed by atoms with E-state index in [0.29, 0.717) is 44.0 Å². The number of hydrogen-bond donors (Lipinski definition) is 4. The second kappa shape index (κ2) is 12.7. The summed E-state index contributed by atoms with van der Waals surface area (Å²) >= 11 is 0. The van der Waals surface area contributed by atoms with E-state index in [4.69, 9.17) is 11.5 Å². The molecule has 1 aliphatic carbocycles. The van der Waals surface area contributed by atoms with Gasteiger partial charge in [0.1, 0.15) is 5.82 Å². The number of carbonyl (C=O) groups excluding carboxylic acids is 2. The van der Waals surface area contributed by atoms with E-state index in [9.17, 15) is 14.4 Å². The van der Waals surface area contributed by atoms with Gasteiger partial charge in [-0.15, -0.1) is 12.4 Å². The van der Waals surface area contributed by atoms with E-state index < -0.39 is 11.2 Å². The molecule has 6 N–H and O–H groups in total. The van der Waals surface area contributed by atoms with Gasteiger partial charge in [-0.3, -0.25) is 14.7 Å². The van der Waals surface area contributed by atoms with Crippen LogP contribution >= 0.6 is 12.4 Å². The lowest BCUT2D eigenvalue weighted by Crippen LogP contribution is -2.58. The van der Waals surface area contributed by atoms with Gasteiger partial charge in [-0.1, -0.05) is 12.1 Å². The first kappa shape index (κ1) is 29.6. The van der Waals surface area contributed by atoms with E-state index in [1.165, 1.54) is 4.57 Å². The molecule has 2 aromatic rings. The van der Waals surface area contributed by atoms with Crippen LogP contribution in [0.4, 0.5) is 10.6 Å². The first-order valence-corrected chi connectivity index (χ1v) is 12.9. The summed E-state index contributed by atoms with van der Waals surface area (Å²) in [6.45, 7) is 5.67. The first-order valence-electron chi connectivity index (χ1n) is 12.9. The number of carbonyl (C=O) groups is 2. The molecule has 1 aromatic heterocycles. The minimum absolute atomic E-state index is 0. The maximum Gasteiger partial charge on any atom is 0.354 e. The number of rotatable bonds is 6. The van der Waals surface area contributed by atoms with Gasteiger partial charge in [-0.05, 0) is 63.3 Å². The summed E-state index contributed by atoms with van der Waals surface area (Å²) in [6, 6.07) is 9.83. The standard InChI is InChI=1S/C26H38N8O3.ClH/c1-26(2,28)23(35)32-13-15-33(16-14-32)24(36)30-22-11-12-34(25(37)31-22)21-9-3-18(4-10-21)17-29-20-7-5-19(27)6-8-20;/h3-4,9-12,19-20,29H,5-8,13-17,27-28H2,1-2H3,(H,30,31,36,37);1H. The number of piperazine rings is 1. The van der Waals surface area contributed by atoms with Gasteiger partial charge >= 0.3 is 11.7 Å². The summed E-state index contributed by atoms with van der Waals surface area (Å²) in [5.74, 6) is 0.0393. The Hall–Kier alpha value is -2.99. The largest absolute Gasteiger partial charge is 0.354 e. The molecular weight excluding hydrogens is 508 g/mol. The first-order chi connectivity index (χ1) is 17.6. The van der Waals surface area contributed by atoms with E-state index in [2.05, 4.69) is 15.6 Å². The van der Waals surface area contributed by atoms with Crippen LogP contribution in [0, 0.1) is 0 Å². The normalized spacial score (nSPS) is 20.0. The van der Waals surface area contributed by atoms with Gasteiger partial charge in [0, 0.05) is 51.0 Å². The topological polar surface area (TPSA) is 152 Å². The highest BCUT2D eigenvalue weighted by molar-refractivity contribution is 5.89. The Morgan fingerprint density at radius 2 is 1.61 bits per heavy atom. The van der Waals surface area contributed by atoms with E-state index in [0.717, 1.165) is 37.8 Å². The Morgan fingerprint density at radius 1 is 1.00 bits per heavy atom. The number of hydrogen-bond acceptors (Lipinski definition) is 7. The van der Waals surface area contributed by atoms with Crippen molar-refractivity contribution in [3.8, 4) is 5.69 Å². The molecule has 1 aromatic carbocycles. The zero-order valence-corrected chi connectivity index (χ0v) is 22.9. The molecule has 0 bridgehead atoms. The van der Waals surface area contributed by atoms with Crippen LogP contribution in [0.3, 0.4) is 0 Å². The highest BCUT2D eigenvalue weighted by atomic mass is 35.5. The van der Waals surface area contributed by atoms with Crippen molar-refractivity contribution in [2.24, 2.45) is 11.5 Å². The third-order valence-corrected chi connectivity index (χ3v) is 7.03. The average molecular weight is 547 g/mol. The average Bonchev–Trinajstić information content (AvgIpc) is 2.88. The molecule has 0 radical (unpaired) electrons. The molecule has 0 atom stereocenters. The third kappa shape index (κ3) is 7.53. The predicted molar refractivity (Wildman–Crippen MR) is 150 cm³/mol. The molecule has 0 unspecified atom stereocenters. The highest BCUT2D eigenvalue weighted by Crippen LogP contribution is 2.18. The lowest BCUT2D eigenvalue weighted by atomic mass is 9.92. The Labute approximate surface area is 229 Å². The predicted octanol–water partition coefficient (Wildman–Crippen LogP) is 1.43. The Balaban J connectivity index is 0.00000400. The zero-order valence-electron chi connectivity index (χ0n) is 22.1. The molecular formula is C26H39ClN8O3. The van der Waals surface area contributed by atoms with Crippen molar-refractivity contribution < 1.29 is 9.59 Å². The minimum atomic E-state index is -0.945. The van der Waals surface area contributed by atoms with Crippen molar-refractivity contribution in [1.29, 1.82) is 0 Å². The van der Waals surface area contributed by atoms with Crippen LogP contribution in [0.5, 0.6) is 0 Å². The number of halogens is 1. The van der Waals surface area contributed by atoms with Crippen molar-refractivity contribution in [1.82, 2.24) is 24.7 Å². The van der Waals surface area contributed by atoms with Gasteiger partial charge in [0.05, 0.1) is 11.2 Å². The minimum Gasteiger partial charge on any atom is -0.338 e. The van der Waals surface area contributed by atoms with Gasteiger partial charge < -0.3 is 26.6 Å². The number of nitrogens with one attached hydrogen (secondary N) is 2. The Kier molecular flexibility index (Phi) is 9.88. The van der Waals surface area contributed by atoms with Crippen LogP contribution in [0.15, 0.2) is 41.3 Å². The van der Waals surface area contributed by atoms with Crippen molar-refractivity contribution in [3.63, 3.8) is 0 Å². The third-order valence-electron chi connectivity index (χ3n) is 7.03. The van der Waals surface area contributed by atoms with Crippen LogP contribution in [0.25, 0.3) is 5.69 Å². The summed E-state index contributed by atoms with van der Waals surface area (Å²) < 4.78 is 1.44. The maximum absolute atomic E-state index is 12.7. The van der Waals surface area contributed by atoms with E-state index in [1.807, 2.05) is 24.3 Å². The number of anilines is 1. The fraction of sp³-hybridized carbons (Fsp3) is 0.538. The van der Waals surface area contributed by atoms with E-state index in [1.54, 1.807) is 35.9 Å². The van der Waals surface area contributed by atoms with Gasteiger partial charge in [-0.25, -0.2) is 9.59 Å². The zero-order chi connectivity index (χ0) is 26.6. The summed E-state index contributed by atoms with van der Waals surface area (Å²) in [7, 11) is 0. The smallest absolute Gasteiger partial charge is 0.338 e. The molecule has 1 aliphatic heterocycles. The molecule has 2 aliphatic rings. The molecule has 0 spiro atoms. The summed E-state index contributed by atoms with van der Waals surface area (Å²) in [5.41, 5.74) is 12.3. The summed E-state index contributed by atoms with van der Waals surface area (Å²) in [6.07, 6.45) is 5.93. The molecule has 11 nitrogen and oxygen atoms in total. The SMILES string of the molecule is CC(C)(N)C(=O)N1CCN(C(=O)Nc2ccn(-c3ccc(CNC4CCC(N)CC4)cc3)c(=O)n2)CC1.Cl. The molecule has 12 heteroatoms. The molecule has 2 heterocycles. The fourth-order valence-corrected chi connectivity index (χ4v) is 4.74. The molecule has 4 rings (SSSR count). The number of urea groups is 1. The molecule has 208 valence electrons. The van der Waals surface area contributed by atoms with Crippen LogP contribution in [0.1, 0.15) is 45.1 Å². The van der Waals surface area contributed by atoms with Gasteiger partial charge in [0.25, 0.3) is 0 Å². The molecule has 1 saturated carbocycles. The second-order valence-corrected chi connectivity index (χ2v) is 10.6. The molecule has 3 amide bonds. The molecule has 2 fully saturated rings. The molecule has 1 saturated heterocycles. The fourth-order valence-electron chi connectivity index (χ4n) is 4.74. The quantitative estimate of drug-likeness (QED) is 0.427. The monoisotopic (exact) mass is 546 g/mol. The number of benzene rings is 1. The number of amides is 3.